The van der Waals surface area contributed by atoms with Crippen molar-refractivity contribution in [3.63, 3.8) is 0 Å². The van der Waals surface area contributed by atoms with Gasteiger partial charge < -0.3 is 19.4 Å². The summed E-state index contributed by atoms with van der Waals surface area (Å²) in [4.78, 5) is 15.5. The Labute approximate surface area is 184 Å². The van der Waals surface area contributed by atoms with Gasteiger partial charge in [-0.15, -0.1) is 0 Å². The van der Waals surface area contributed by atoms with Crippen molar-refractivity contribution in [1.82, 2.24) is 14.8 Å². The molecule has 166 valence electrons. The van der Waals surface area contributed by atoms with Crippen LogP contribution in [0.4, 0.5) is 0 Å². The standard InChI is InChI=1S/C25H33N3O3/c1-17(2)7-10-27-11-8-20(9-12-27)26-25(29)22-15-18(3)28(19(22)4)21-5-6-23-24(16-21)31-14-13-30-23/h5-7,15-16,20H,8-14H2,1-4H3,(H,26,29). The minimum Gasteiger partial charge on any atom is -0.486 e. The Morgan fingerprint density at radius 1 is 1.10 bits per heavy atom. The largest absolute Gasteiger partial charge is 0.486 e. The highest BCUT2D eigenvalue weighted by molar-refractivity contribution is 5.96. The van der Waals surface area contributed by atoms with Crippen LogP contribution in [-0.4, -0.2) is 54.3 Å². The molecule has 0 saturated carbocycles. The molecule has 0 unspecified atom stereocenters. The van der Waals surface area contributed by atoms with E-state index in [0.717, 1.165) is 66.6 Å². The second-order valence-electron chi connectivity index (χ2n) is 8.78. The van der Waals surface area contributed by atoms with Crippen LogP contribution in [0.3, 0.4) is 0 Å². The van der Waals surface area contributed by atoms with E-state index in [1.807, 2.05) is 38.1 Å². The predicted octanol–water partition coefficient (Wildman–Crippen LogP) is 4.03. The minimum absolute atomic E-state index is 0.0136. The van der Waals surface area contributed by atoms with Crippen LogP contribution in [0.25, 0.3) is 5.69 Å². The molecule has 0 aliphatic carbocycles. The van der Waals surface area contributed by atoms with E-state index in [9.17, 15) is 4.79 Å². The number of rotatable bonds is 5. The molecule has 4 rings (SSSR count). The van der Waals surface area contributed by atoms with Crippen molar-refractivity contribution in [2.75, 3.05) is 32.8 Å². The number of aryl methyl sites for hydroxylation is 1. The van der Waals surface area contributed by atoms with Gasteiger partial charge in [-0.05, 0) is 58.7 Å². The molecule has 0 spiro atoms. The Kier molecular flexibility index (Phi) is 6.37. The number of ether oxygens (including phenoxy) is 2. The van der Waals surface area contributed by atoms with Crippen LogP contribution in [0.2, 0.25) is 0 Å². The molecular formula is C25H33N3O3. The van der Waals surface area contributed by atoms with E-state index in [-0.39, 0.29) is 11.9 Å². The van der Waals surface area contributed by atoms with Crippen LogP contribution in [0, 0.1) is 13.8 Å². The third-order valence-electron chi connectivity index (χ3n) is 6.14. The number of amides is 1. The van der Waals surface area contributed by atoms with E-state index in [4.69, 9.17) is 9.47 Å². The van der Waals surface area contributed by atoms with Gasteiger partial charge in [0.1, 0.15) is 13.2 Å². The maximum absolute atomic E-state index is 13.1. The maximum atomic E-state index is 13.1. The fourth-order valence-electron chi connectivity index (χ4n) is 4.40. The molecule has 31 heavy (non-hydrogen) atoms. The van der Waals surface area contributed by atoms with Gasteiger partial charge in [0.15, 0.2) is 11.5 Å². The quantitative estimate of drug-likeness (QED) is 0.738. The van der Waals surface area contributed by atoms with Gasteiger partial charge >= 0.3 is 0 Å². The third-order valence-corrected chi connectivity index (χ3v) is 6.14. The number of aromatic nitrogens is 1. The fraction of sp³-hybridized carbons (Fsp3) is 0.480. The number of nitrogens with zero attached hydrogens (tertiary/aromatic N) is 2. The van der Waals surface area contributed by atoms with Crippen LogP contribution in [0.15, 0.2) is 35.9 Å². The Morgan fingerprint density at radius 2 is 1.81 bits per heavy atom. The lowest BCUT2D eigenvalue weighted by Crippen LogP contribution is -2.44. The average Bonchev–Trinajstić information content (AvgIpc) is 3.07. The van der Waals surface area contributed by atoms with E-state index in [1.54, 1.807) is 0 Å². The number of carbonyl (C=O) groups is 1. The SMILES string of the molecule is CC(C)=CCN1CCC(NC(=O)c2cc(C)n(-c3ccc4c(c3)OCCO4)c2C)CC1. The average molecular weight is 424 g/mol. The van der Waals surface area contributed by atoms with E-state index in [0.29, 0.717) is 13.2 Å². The molecule has 0 bridgehead atoms. The fourth-order valence-corrected chi connectivity index (χ4v) is 4.40. The number of carbonyl (C=O) groups excluding carboxylic acids is 1. The third kappa shape index (κ3) is 4.79. The van der Waals surface area contributed by atoms with Gasteiger partial charge in [-0.25, -0.2) is 0 Å². The summed E-state index contributed by atoms with van der Waals surface area (Å²) in [7, 11) is 0. The Hall–Kier alpha value is -2.73. The molecule has 6 nitrogen and oxygen atoms in total. The number of piperidine rings is 1. The summed E-state index contributed by atoms with van der Waals surface area (Å²) in [6, 6.07) is 8.14. The number of nitrogens with one attached hydrogen (secondary N) is 1. The number of benzene rings is 1. The first-order valence-corrected chi connectivity index (χ1v) is 11.2. The number of allylic oxidation sites excluding steroid dienone is 1. The molecular weight excluding hydrogens is 390 g/mol. The molecule has 1 fully saturated rings. The Morgan fingerprint density at radius 3 is 2.52 bits per heavy atom. The number of fused-ring (bicyclic) bond motifs is 1. The molecule has 0 radical (unpaired) electrons. The molecule has 1 aromatic carbocycles. The van der Waals surface area contributed by atoms with Gasteiger partial charge in [0.05, 0.1) is 5.56 Å². The molecule has 1 N–H and O–H groups in total. The van der Waals surface area contributed by atoms with Gasteiger partial charge in [-0.3, -0.25) is 9.69 Å². The van der Waals surface area contributed by atoms with Crippen molar-refractivity contribution in [2.45, 2.75) is 46.6 Å². The van der Waals surface area contributed by atoms with Gasteiger partial charge in [0.25, 0.3) is 5.91 Å². The van der Waals surface area contributed by atoms with E-state index < -0.39 is 0 Å². The molecule has 6 heteroatoms. The molecule has 3 heterocycles. The summed E-state index contributed by atoms with van der Waals surface area (Å²) < 4.78 is 13.5. The summed E-state index contributed by atoms with van der Waals surface area (Å²) in [5, 5.41) is 3.26. The van der Waals surface area contributed by atoms with Gasteiger partial charge in [0.2, 0.25) is 0 Å². The highest BCUT2D eigenvalue weighted by Gasteiger charge is 2.23. The van der Waals surface area contributed by atoms with Crippen LogP contribution >= 0.6 is 0 Å². The molecule has 1 amide bonds. The van der Waals surface area contributed by atoms with Crippen molar-refractivity contribution in [3.05, 3.63) is 52.9 Å². The van der Waals surface area contributed by atoms with Crippen LogP contribution in [-0.2, 0) is 0 Å². The van der Waals surface area contributed by atoms with Gasteiger partial charge in [-0.2, -0.15) is 0 Å². The summed E-state index contributed by atoms with van der Waals surface area (Å²) in [6.45, 7) is 12.5. The first-order valence-electron chi connectivity index (χ1n) is 11.2. The normalized spacial score (nSPS) is 16.8. The zero-order chi connectivity index (χ0) is 22.0. The summed E-state index contributed by atoms with van der Waals surface area (Å²) in [5.74, 6) is 1.54. The summed E-state index contributed by atoms with van der Waals surface area (Å²) in [5.41, 5.74) is 5.03. The first kappa shape index (κ1) is 21.5. The zero-order valence-electron chi connectivity index (χ0n) is 19.0. The first-order chi connectivity index (χ1) is 14.9. The lowest BCUT2D eigenvalue weighted by molar-refractivity contribution is 0.0913. The molecule has 1 aromatic heterocycles. The zero-order valence-corrected chi connectivity index (χ0v) is 19.0. The molecule has 2 aliphatic rings. The number of hydrogen-bond acceptors (Lipinski definition) is 4. The second-order valence-corrected chi connectivity index (χ2v) is 8.78. The predicted molar refractivity (Wildman–Crippen MR) is 123 cm³/mol. The van der Waals surface area contributed by atoms with Crippen molar-refractivity contribution >= 4 is 5.91 Å². The van der Waals surface area contributed by atoms with E-state index in [1.165, 1.54) is 5.57 Å². The van der Waals surface area contributed by atoms with Gasteiger partial charge in [-0.1, -0.05) is 11.6 Å². The van der Waals surface area contributed by atoms with Crippen LogP contribution < -0.4 is 14.8 Å². The van der Waals surface area contributed by atoms with Crippen molar-refractivity contribution < 1.29 is 14.3 Å². The number of likely N-dealkylation sites (tertiary alicyclic amines) is 1. The lowest BCUT2D eigenvalue weighted by Gasteiger charge is -2.31. The topological polar surface area (TPSA) is 55.7 Å². The van der Waals surface area contributed by atoms with Crippen LogP contribution in [0.1, 0.15) is 48.4 Å². The van der Waals surface area contributed by atoms with E-state index in [2.05, 4.69) is 34.7 Å². The lowest BCUT2D eigenvalue weighted by atomic mass is 10.0. The van der Waals surface area contributed by atoms with Crippen molar-refractivity contribution in [3.8, 4) is 17.2 Å². The molecule has 0 atom stereocenters. The molecule has 2 aliphatic heterocycles. The van der Waals surface area contributed by atoms with Crippen LogP contribution in [0.5, 0.6) is 11.5 Å². The van der Waals surface area contributed by atoms with E-state index >= 15 is 0 Å². The summed E-state index contributed by atoms with van der Waals surface area (Å²) >= 11 is 0. The smallest absolute Gasteiger partial charge is 0.253 e. The maximum Gasteiger partial charge on any atom is 0.253 e. The Bertz CT molecular complexity index is 980. The second kappa shape index (κ2) is 9.18. The highest BCUT2D eigenvalue weighted by Crippen LogP contribution is 2.33. The molecule has 2 aromatic rings. The summed E-state index contributed by atoms with van der Waals surface area (Å²) in [6.07, 6.45) is 4.25. The van der Waals surface area contributed by atoms with Gasteiger partial charge in [0, 0.05) is 48.8 Å². The van der Waals surface area contributed by atoms with Crippen molar-refractivity contribution in [2.24, 2.45) is 0 Å². The number of hydrogen-bond donors (Lipinski definition) is 1. The Balaban J connectivity index is 1.44. The highest BCUT2D eigenvalue weighted by atomic mass is 16.6. The van der Waals surface area contributed by atoms with Crippen molar-refractivity contribution in [1.29, 1.82) is 0 Å². The monoisotopic (exact) mass is 423 g/mol. The minimum atomic E-state index is 0.0136. The molecule has 1 saturated heterocycles.